The lowest BCUT2D eigenvalue weighted by Crippen LogP contribution is -2.31. The Kier molecular flexibility index (Phi) is 7.34. The molecule has 146 valence electrons. The maximum atomic E-state index is 12.5. The molecule has 1 fully saturated rings. The fourth-order valence-corrected chi connectivity index (χ4v) is 4.02. The molecular formula is C20H17Br2NO4S. The summed E-state index contributed by atoms with van der Waals surface area (Å²) in [5.41, 5.74) is 1.75. The van der Waals surface area contributed by atoms with Crippen LogP contribution in [0.1, 0.15) is 11.1 Å². The average Bonchev–Trinajstić information content (AvgIpc) is 2.94. The molecule has 3 rings (SSSR count). The third kappa shape index (κ3) is 5.26. The lowest BCUT2D eigenvalue weighted by Gasteiger charge is -2.12. The van der Waals surface area contributed by atoms with E-state index in [0.29, 0.717) is 23.9 Å². The summed E-state index contributed by atoms with van der Waals surface area (Å²) in [7, 11) is 1.53. The van der Waals surface area contributed by atoms with E-state index in [-0.39, 0.29) is 17.7 Å². The third-order valence-electron chi connectivity index (χ3n) is 3.96. The van der Waals surface area contributed by atoms with Gasteiger partial charge in [-0.05, 0) is 53.7 Å². The first kappa shape index (κ1) is 21.1. The van der Waals surface area contributed by atoms with Gasteiger partial charge in [-0.2, -0.15) is 0 Å². The first-order chi connectivity index (χ1) is 13.5. The zero-order valence-electron chi connectivity index (χ0n) is 15.0. The van der Waals surface area contributed by atoms with Crippen LogP contribution in [-0.4, -0.2) is 36.3 Å². The number of carbonyl (C=O) groups is 2. The van der Waals surface area contributed by atoms with E-state index in [1.807, 2.05) is 42.5 Å². The summed E-state index contributed by atoms with van der Waals surface area (Å²) in [5.74, 6) is 0.320. The molecule has 2 aromatic carbocycles. The van der Waals surface area contributed by atoms with Crippen LogP contribution in [0.5, 0.6) is 5.75 Å². The van der Waals surface area contributed by atoms with Crippen LogP contribution in [0.25, 0.3) is 6.08 Å². The van der Waals surface area contributed by atoms with Crippen molar-refractivity contribution in [2.75, 3.05) is 20.3 Å². The molecule has 0 saturated carbocycles. The summed E-state index contributed by atoms with van der Waals surface area (Å²) < 4.78 is 12.8. The number of halogens is 2. The van der Waals surface area contributed by atoms with E-state index in [1.165, 1.54) is 12.0 Å². The first-order valence-corrected chi connectivity index (χ1v) is 10.8. The number of benzene rings is 2. The number of amides is 2. The molecule has 2 amide bonds. The predicted molar refractivity (Wildman–Crippen MR) is 117 cm³/mol. The lowest BCUT2D eigenvalue weighted by molar-refractivity contribution is -0.123. The van der Waals surface area contributed by atoms with Gasteiger partial charge in [0.1, 0.15) is 12.4 Å². The molecule has 0 radical (unpaired) electrons. The van der Waals surface area contributed by atoms with Crippen molar-refractivity contribution in [3.63, 3.8) is 0 Å². The number of nitrogens with zero attached hydrogens (tertiary/aromatic N) is 1. The van der Waals surface area contributed by atoms with E-state index in [9.17, 15) is 9.59 Å². The van der Waals surface area contributed by atoms with Crippen LogP contribution in [0.3, 0.4) is 0 Å². The Labute approximate surface area is 184 Å². The van der Waals surface area contributed by atoms with E-state index >= 15 is 0 Å². The summed E-state index contributed by atoms with van der Waals surface area (Å²) in [5, 5.41) is -0.291. The predicted octanol–water partition coefficient (Wildman–Crippen LogP) is 5.47. The van der Waals surface area contributed by atoms with Gasteiger partial charge in [-0.25, -0.2) is 0 Å². The van der Waals surface area contributed by atoms with Crippen molar-refractivity contribution < 1.29 is 19.1 Å². The zero-order valence-corrected chi connectivity index (χ0v) is 19.0. The second kappa shape index (κ2) is 9.73. The van der Waals surface area contributed by atoms with E-state index in [1.54, 1.807) is 6.08 Å². The van der Waals surface area contributed by atoms with Gasteiger partial charge in [-0.1, -0.05) is 44.0 Å². The molecule has 0 bridgehead atoms. The molecule has 5 nitrogen and oxygen atoms in total. The van der Waals surface area contributed by atoms with Gasteiger partial charge in [0.25, 0.3) is 11.1 Å². The summed E-state index contributed by atoms with van der Waals surface area (Å²) >= 11 is 7.79. The van der Waals surface area contributed by atoms with Crippen molar-refractivity contribution in [1.29, 1.82) is 0 Å². The molecule has 0 spiro atoms. The maximum Gasteiger partial charge on any atom is 0.293 e. The number of ether oxygens (including phenoxy) is 2. The van der Waals surface area contributed by atoms with Crippen molar-refractivity contribution in [3.8, 4) is 5.75 Å². The molecule has 0 unspecified atom stereocenters. The molecular weight excluding hydrogens is 510 g/mol. The zero-order chi connectivity index (χ0) is 20.1. The van der Waals surface area contributed by atoms with Gasteiger partial charge >= 0.3 is 0 Å². The van der Waals surface area contributed by atoms with Crippen LogP contribution in [-0.2, 0) is 16.1 Å². The fraction of sp³-hybridized carbons (Fsp3) is 0.200. The highest BCUT2D eigenvalue weighted by molar-refractivity contribution is 9.10. The molecule has 0 atom stereocenters. The Morgan fingerprint density at radius 3 is 2.50 bits per heavy atom. The Hall–Kier alpha value is -1.61. The van der Waals surface area contributed by atoms with Crippen LogP contribution in [0.4, 0.5) is 4.79 Å². The highest BCUT2D eigenvalue weighted by Gasteiger charge is 2.34. The Bertz CT molecular complexity index is 915. The van der Waals surface area contributed by atoms with Crippen LogP contribution < -0.4 is 4.74 Å². The molecule has 1 aliphatic rings. The quantitative estimate of drug-likeness (QED) is 0.447. The second-order valence-electron chi connectivity index (χ2n) is 5.92. The number of methoxy groups -OCH3 is 1. The van der Waals surface area contributed by atoms with Crippen molar-refractivity contribution >= 4 is 60.8 Å². The molecule has 0 aromatic heterocycles. The first-order valence-electron chi connectivity index (χ1n) is 8.39. The number of hydrogen-bond acceptors (Lipinski definition) is 5. The molecule has 28 heavy (non-hydrogen) atoms. The van der Waals surface area contributed by atoms with Gasteiger partial charge in [0.2, 0.25) is 0 Å². The van der Waals surface area contributed by atoms with E-state index in [4.69, 9.17) is 9.47 Å². The fourth-order valence-electron chi connectivity index (χ4n) is 2.52. The number of rotatable bonds is 7. The highest BCUT2D eigenvalue weighted by atomic mass is 79.9. The molecule has 0 N–H and O–H groups in total. The second-order valence-corrected chi connectivity index (χ2v) is 8.75. The van der Waals surface area contributed by atoms with Crippen molar-refractivity contribution in [1.82, 2.24) is 4.90 Å². The smallest absolute Gasteiger partial charge is 0.293 e. The highest BCUT2D eigenvalue weighted by Crippen LogP contribution is 2.35. The number of carbonyl (C=O) groups excluding carboxylic acids is 2. The van der Waals surface area contributed by atoms with Gasteiger partial charge in [-0.15, -0.1) is 0 Å². The topological polar surface area (TPSA) is 55.8 Å². The number of imide groups is 1. The molecule has 1 heterocycles. The third-order valence-corrected chi connectivity index (χ3v) is 5.89. The minimum Gasteiger partial charge on any atom is -0.488 e. The number of thioether (sulfide) groups is 1. The number of hydrogen-bond donors (Lipinski definition) is 0. The average molecular weight is 527 g/mol. The standard InChI is InChI=1S/C20H17Br2NO4S/c1-26-9-8-23-19(24)18(28-20(23)25)11-14-10-16(22)6-7-17(14)27-12-13-2-4-15(21)5-3-13/h2-7,10-11H,8-9,12H2,1H3/b18-11+. The van der Waals surface area contributed by atoms with Gasteiger partial charge in [0.15, 0.2) is 0 Å². The van der Waals surface area contributed by atoms with Crippen molar-refractivity contribution in [2.45, 2.75) is 6.61 Å². The summed E-state index contributed by atoms with van der Waals surface area (Å²) in [6, 6.07) is 13.4. The Morgan fingerprint density at radius 2 is 1.79 bits per heavy atom. The summed E-state index contributed by atoms with van der Waals surface area (Å²) in [6.07, 6.45) is 1.69. The lowest BCUT2D eigenvalue weighted by atomic mass is 10.1. The van der Waals surface area contributed by atoms with Crippen LogP contribution in [0.15, 0.2) is 56.3 Å². The van der Waals surface area contributed by atoms with Gasteiger partial charge in [0, 0.05) is 21.6 Å². The summed E-state index contributed by atoms with van der Waals surface area (Å²) in [6.45, 7) is 0.943. The molecule has 1 saturated heterocycles. The minimum absolute atomic E-state index is 0.240. The van der Waals surface area contributed by atoms with Gasteiger partial charge in [-0.3, -0.25) is 14.5 Å². The van der Waals surface area contributed by atoms with Gasteiger partial charge in [0.05, 0.1) is 18.1 Å². The molecule has 1 aliphatic heterocycles. The van der Waals surface area contributed by atoms with E-state index < -0.39 is 0 Å². The monoisotopic (exact) mass is 525 g/mol. The van der Waals surface area contributed by atoms with E-state index in [0.717, 1.165) is 31.8 Å². The molecule has 0 aliphatic carbocycles. The molecule has 8 heteroatoms. The minimum atomic E-state index is -0.314. The van der Waals surface area contributed by atoms with Crippen LogP contribution >= 0.6 is 43.6 Å². The SMILES string of the molecule is COCCN1C(=O)S/C(=C/c2cc(Br)ccc2OCc2ccc(Br)cc2)C1=O. The van der Waals surface area contributed by atoms with Crippen molar-refractivity contribution in [3.05, 3.63) is 67.4 Å². The van der Waals surface area contributed by atoms with Crippen LogP contribution in [0, 0.1) is 0 Å². The normalized spacial score (nSPS) is 15.5. The van der Waals surface area contributed by atoms with Crippen LogP contribution in [0.2, 0.25) is 0 Å². The summed E-state index contributed by atoms with van der Waals surface area (Å²) in [4.78, 5) is 26.2. The molecule has 2 aromatic rings. The van der Waals surface area contributed by atoms with Gasteiger partial charge < -0.3 is 9.47 Å². The van der Waals surface area contributed by atoms with Crippen molar-refractivity contribution in [2.24, 2.45) is 0 Å². The van der Waals surface area contributed by atoms with E-state index in [2.05, 4.69) is 31.9 Å². The Morgan fingerprint density at radius 1 is 1.07 bits per heavy atom. The maximum absolute atomic E-state index is 12.5. The Balaban J connectivity index is 1.80. The largest absolute Gasteiger partial charge is 0.488 e.